The summed E-state index contributed by atoms with van der Waals surface area (Å²) in [7, 11) is 0. The summed E-state index contributed by atoms with van der Waals surface area (Å²) in [5, 5.41) is 11.9. The third-order valence-electron chi connectivity index (χ3n) is 5.22. The van der Waals surface area contributed by atoms with Crippen LogP contribution in [0.2, 0.25) is 0 Å². The van der Waals surface area contributed by atoms with Gasteiger partial charge in [-0.05, 0) is 29.8 Å². The highest BCUT2D eigenvalue weighted by molar-refractivity contribution is 6.04. The zero-order chi connectivity index (χ0) is 20.8. The summed E-state index contributed by atoms with van der Waals surface area (Å²) in [5.74, 6) is -0.234. The molecule has 3 aromatic rings. The molecule has 0 radical (unpaired) electrons. The molecule has 6 nitrogen and oxygen atoms in total. The predicted molar refractivity (Wildman–Crippen MR) is 117 cm³/mol. The number of aromatic nitrogens is 1. The van der Waals surface area contributed by atoms with E-state index in [4.69, 9.17) is 5.26 Å². The van der Waals surface area contributed by atoms with Crippen molar-refractivity contribution >= 4 is 17.3 Å². The van der Waals surface area contributed by atoms with Crippen molar-refractivity contribution < 1.29 is 4.79 Å². The third kappa shape index (κ3) is 4.83. The van der Waals surface area contributed by atoms with Crippen LogP contribution in [0.4, 0.5) is 11.4 Å². The summed E-state index contributed by atoms with van der Waals surface area (Å²) in [6, 6.07) is 21.3. The number of pyridine rings is 1. The van der Waals surface area contributed by atoms with Crippen LogP contribution in [0.15, 0.2) is 73.1 Å². The molecule has 0 unspecified atom stereocenters. The first-order valence-electron chi connectivity index (χ1n) is 9.99. The molecular formula is C24H23N5O. The van der Waals surface area contributed by atoms with E-state index < -0.39 is 0 Å². The standard InChI is InChI=1S/C24H23N5O/c25-15-20-7-4-8-22(13-20)27-24(30)21-14-23(17-26-16-21)29-11-9-28(10-12-29)18-19-5-2-1-3-6-19/h1-8,13-14,16-17H,9-12,18H2,(H,27,30). The molecule has 2 heterocycles. The normalized spacial score (nSPS) is 14.2. The van der Waals surface area contributed by atoms with E-state index >= 15 is 0 Å². The first-order chi connectivity index (χ1) is 14.7. The van der Waals surface area contributed by atoms with Gasteiger partial charge in [0.25, 0.3) is 5.91 Å². The van der Waals surface area contributed by atoms with Gasteiger partial charge in [-0.1, -0.05) is 36.4 Å². The van der Waals surface area contributed by atoms with Crippen LogP contribution in [0.1, 0.15) is 21.5 Å². The largest absolute Gasteiger partial charge is 0.368 e. The molecule has 0 saturated carbocycles. The second-order valence-electron chi connectivity index (χ2n) is 7.33. The molecule has 1 aromatic heterocycles. The summed E-state index contributed by atoms with van der Waals surface area (Å²) in [5.41, 5.74) is 3.88. The molecule has 4 rings (SSSR count). The highest BCUT2D eigenvalue weighted by atomic mass is 16.1. The van der Waals surface area contributed by atoms with Gasteiger partial charge in [-0.15, -0.1) is 0 Å². The Morgan fingerprint density at radius 1 is 1.00 bits per heavy atom. The lowest BCUT2D eigenvalue weighted by Gasteiger charge is -2.36. The first-order valence-corrected chi connectivity index (χ1v) is 9.99. The van der Waals surface area contributed by atoms with E-state index in [1.165, 1.54) is 5.56 Å². The highest BCUT2D eigenvalue weighted by Crippen LogP contribution is 2.19. The van der Waals surface area contributed by atoms with Gasteiger partial charge >= 0.3 is 0 Å². The number of nitriles is 1. The van der Waals surface area contributed by atoms with Gasteiger partial charge in [-0.25, -0.2) is 0 Å². The molecule has 1 N–H and O–H groups in total. The fourth-order valence-corrected chi connectivity index (χ4v) is 3.60. The molecule has 0 aliphatic carbocycles. The monoisotopic (exact) mass is 397 g/mol. The summed E-state index contributed by atoms with van der Waals surface area (Å²) in [6.45, 7) is 4.67. The van der Waals surface area contributed by atoms with E-state index in [-0.39, 0.29) is 5.91 Å². The van der Waals surface area contributed by atoms with Gasteiger partial charge in [0.15, 0.2) is 0 Å². The average Bonchev–Trinajstić information content (AvgIpc) is 2.80. The number of rotatable bonds is 5. The first kappa shape index (κ1) is 19.6. The van der Waals surface area contributed by atoms with Gasteiger partial charge in [0.2, 0.25) is 0 Å². The maximum absolute atomic E-state index is 12.6. The number of anilines is 2. The fraction of sp³-hybridized carbons (Fsp3) is 0.208. The van der Waals surface area contributed by atoms with E-state index in [2.05, 4.69) is 50.4 Å². The Labute approximate surface area is 176 Å². The summed E-state index contributed by atoms with van der Waals surface area (Å²) in [4.78, 5) is 21.6. The Morgan fingerprint density at radius 2 is 1.80 bits per heavy atom. The van der Waals surface area contributed by atoms with E-state index in [0.717, 1.165) is 38.4 Å². The second kappa shape index (κ2) is 9.21. The Hall–Kier alpha value is -3.69. The van der Waals surface area contributed by atoms with Crippen molar-refractivity contribution in [2.24, 2.45) is 0 Å². The minimum absolute atomic E-state index is 0.234. The van der Waals surface area contributed by atoms with E-state index in [1.807, 2.05) is 12.1 Å². The molecule has 0 bridgehead atoms. The van der Waals surface area contributed by atoms with Crippen LogP contribution < -0.4 is 10.2 Å². The van der Waals surface area contributed by atoms with Crippen molar-refractivity contribution in [1.29, 1.82) is 5.26 Å². The Kier molecular flexibility index (Phi) is 6.02. The lowest BCUT2D eigenvalue weighted by atomic mass is 10.1. The lowest BCUT2D eigenvalue weighted by Crippen LogP contribution is -2.46. The number of benzene rings is 2. The van der Waals surface area contributed by atoms with Gasteiger partial charge in [-0.2, -0.15) is 5.26 Å². The average molecular weight is 397 g/mol. The summed E-state index contributed by atoms with van der Waals surface area (Å²) in [6.07, 6.45) is 3.37. The van der Waals surface area contributed by atoms with Gasteiger partial charge in [0.05, 0.1) is 29.1 Å². The minimum Gasteiger partial charge on any atom is -0.368 e. The van der Waals surface area contributed by atoms with Crippen LogP contribution in [0, 0.1) is 11.3 Å². The minimum atomic E-state index is -0.234. The molecule has 1 aliphatic rings. The van der Waals surface area contributed by atoms with Crippen molar-refractivity contribution in [3.63, 3.8) is 0 Å². The number of carbonyl (C=O) groups excluding carboxylic acids is 1. The van der Waals surface area contributed by atoms with Crippen LogP contribution in [-0.2, 0) is 6.54 Å². The zero-order valence-electron chi connectivity index (χ0n) is 16.7. The zero-order valence-corrected chi connectivity index (χ0v) is 16.7. The summed E-state index contributed by atoms with van der Waals surface area (Å²) < 4.78 is 0. The van der Waals surface area contributed by atoms with Gasteiger partial charge < -0.3 is 10.2 Å². The Balaban J connectivity index is 1.37. The molecule has 6 heteroatoms. The molecule has 30 heavy (non-hydrogen) atoms. The molecule has 0 spiro atoms. The fourth-order valence-electron chi connectivity index (χ4n) is 3.60. The van der Waals surface area contributed by atoms with Crippen molar-refractivity contribution in [2.45, 2.75) is 6.54 Å². The predicted octanol–water partition coefficient (Wildman–Crippen LogP) is 3.53. The SMILES string of the molecule is N#Cc1cccc(NC(=O)c2cncc(N3CCN(Cc4ccccc4)CC3)c2)c1. The van der Waals surface area contributed by atoms with Gasteiger partial charge in [-0.3, -0.25) is 14.7 Å². The smallest absolute Gasteiger partial charge is 0.257 e. The lowest BCUT2D eigenvalue weighted by molar-refractivity contribution is 0.102. The van der Waals surface area contributed by atoms with Crippen molar-refractivity contribution in [3.8, 4) is 6.07 Å². The van der Waals surface area contributed by atoms with Crippen molar-refractivity contribution in [1.82, 2.24) is 9.88 Å². The number of hydrogen-bond acceptors (Lipinski definition) is 5. The number of nitrogens with zero attached hydrogens (tertiary/aromatic N) is 4. The molecule has 1 fully saturated rings. The van der Waals surface area contributed by atoms with Crippen LogP contribution in [0.3, 0.4) is 0 Å². The molecule has 150 valence electrons. The Morgan fingerprint density at radius 3 is 2.57 bits per heavy atom. The number of carbonyl (C=O) groups is 1. The third-order valence-corrected chi connectivity index (χ3v) is 5.22. The Bertz CT molecular complexity index is 1050. The van der Waals surface area contributed by atoms with Crippen LogP contribution in [0.25, 0.3) is 0 Å². The van der Waals surface area contributed by atoms with E-state index in [0.29, 0.717) is 16.8 Å². The van der Waals surface area contributed by atoms with Crippen LogP contribution >= 0.6 is 0 Å². The van der Waals surface area contributed by atoms with Crippen LogP contribution in [-0.4, -0.2) is 42.0 Å². The molecule has 1 saturated heterocycles. The molecule has 1 amide bonds. The molecule has 2 aromatic carbocycles. The number of hydrogen-bond donors (Lipinski definition) is 1. The van der Waals surface area contributed by atoms with Crippen LogP contribution in [0.5, 0.6) is 0 Å². The van der Waals surface area contributed by atoms with Gasteiger partial charge in [0, 0.05) is 44.6 Å². The molecule has 1 aliphatic heterocycles. The summed E-state index contributed by atoms with van der Waals surface area (Å²) >= 11 is 0. The quantitative estimate of drug-likeness (QED) is 0.713. The maximum Gasteiger partial charge on any atom is 0.257 e. The number of amides is 1. The van der Waals surface area contributed by atoms with E-state index in [9.17, 15) is 4.79 Å². The van der Waals surface area contributed by atoms with Gasteiger partial charge in [0.1, 0.15) is 0 Å². The van der Waals surface area contributed by atoms with Crippen molar-refractivity contribution in [3.05, 3.63) is 89.7 Å². The molecule has 0 atom stereocenters. The van der Waals surface area contributed by atoms with E-state index in [1.54, 1.807) is 36.7 Å². The highest BCUT2D eigenvalue weighted by Gasteiger charge is 2.18. The maximum atomic E-state index is 12.6. The molecular weight excluding hydrogens is 374 g/mol. The number of piperazine rings is 1. The van der Waals surface area contributed by atoms with Crippen molar-refractivity contribution in [2.75, 3.05) is 36.4 Å². The topological polar surface area (TPSA) is 72.3 Å². The second-order valence-corrected chi connectivity index (χ2v) is 7.33. The number of nitrogens with one attached hydrogen (secondary N) is 1.